The second-order valence-corrected chi connectivity index (χ2v) is 37.0. The first-order chi connectivity index (χ1) is 66.3. The zero-order valence-electron chi connectivity index (χ0n) is 77.1. The summed E-state index contributed by atoms with van der Waals surface area (Å²) < 4.78 is 33.0. The number of methoxy groups -OCH3 is 2. The smallest absolute Gasteiger partial charge is 0.261 e. The van der Waals surface area contributed by atoms with Gasteiger partial charge in [-0.25, -0.2) is 19.9 Å². The number of aromatic nitrogens is 10. The topological polar surface area (TPSA) is 332 Å². The molecule has 698 valence electrons. The Morgan fingerprint density at radius 2 is 0.838 bits per heavy atom. The Morgan fingerprint density at radius 3 is 1.21 bits per heavy atom. The van der Waals surface area contributed by atoms with Crippen LogP contribution in [0, 0.1) is 6.92 Å². The van der Waals surface area contributed by atoms with Crippen molar-refractivity contribution in [2.75, 3.05) is 102 Å². The molecule has 4 saturated heterocycles. The summed E-state index contributed by atoms with van der Waals surface area (Å²) in [6.45, 7) is 13.2. The second-order valence-electron chi connectivity index (χ2n) is 35.8. The summed E-state index contributed by atoms with van der Waals surface area (Å²) in [5, 5.41) is 55.6. The maximum Gasteiger partial charge on any atom is 0.261 e. The van der Waals surface area contributed by atoms with E-state index in [0.717, 1.165) is 141 Å². The molecule has 136 heavy (non-hydrogen) atoms. The zero-order chi connectivity index (χ0) is 94.0. The van der Waals surface area contributed by atoms with Crippen molar-refractivity contribution in [3.63, 3.8) is 0 Å². The minimum absolute atomic E-state index is 0.0787. The molecule has 5 aliphatic heterocycles. The summed E-state index contributed by atoms with van der Waals surface area (Å²) in [5.41, 5.74) is 15.6. The van der Waals surface area contributed by atoms with Crippen molar-refractivity contribution in [1.82, 2.24) is 48.2 Å². The third kappa shape index (κ3) is 20.4. The molecule has 28 heteroatoms. The first kappa shape index (κ1) is 93.4. The number of thioether (sulfide) groups is 1. The van der Waals surface area contributed by atoms with Crippen molar-refractivity contribution in [1.29, 1.82) is 0 Å². The van der Waals surface area contributed by atoms with E-state index >= 15 is 0 Å². The van der Waals surface area contributed by atoms with Crippen molar-refractivity contribution < 1.29 is 44.1 Å². The van der Waals surface area contributed by atoms with Crippen molar-refractivity contribution in [2.45, 2.75) is 140 Å². The van der Waals surface area contributed by atoms with E-state index in [4.69, 9.17) is 33.7 Å². The number of hydrogen-bond donors (Lipinski definition) is 5. The molecule has 0 spiro atoms. The number of aryl methyl sites for hydroxylation is 1. The Kier molecular flexibility index (Phi) is 29.2. The lowest BCUT2D eigenvalue weighted by Gasteiger charge is -2.29. The Bertz CT molecular complexity index is 7350. The molecule has 5 aliphatic rings. The minimum atomic E-state index is -0.739. The van der Waals surface area contributed by atoms with Gasteiger partial charge in [0.1, 0.15) is 11.9 Å². The number of anilines is 2. The van der Waals surface area contributed by atoms with E-state index in [0.29, 0.717) is 128 Å². The number of pyridine rings is 2. The number of ether oxygens (including phenoxy) is 5. The van der Waals surface area contributed by atoms with Gasteiger partial charge < -0.3 is 54.3 Å². The van der Waals surface area contributed by atoms with Crippen LogP contribution < -0.4 is 32.5 Å². The van der Waals surface area contributed by atoms with Crippen molar-refractivity contribution in [2.24, 2.45) is 9.98 Å². The third-order valence-electron chi connectivity index (χ3n) is 26.3. The molecule has 0 amide bonds. The largest absolute Gasteiger partial charge is 0.390 e. The van der Waals surface area contributed by atoms with Gasteiger partial charge in [-0.05, 0) is 206 Å². The molecule has 0 aliphatic carbocycles. The lowest BCUT2D eigenvalue weighted by molar-refractivity contribution is -0.0395. The van der Waals surface area contributed by atoms with Crippen LogP contribution in [0.15, 0.2) is 261 Å². The monoisotopic (exact) mass is 1840 g/mol. The second kappa shape index (κ2) is 42.5. The standard InChI is InChI=1S/C30H35N3O5.C27H25N5O3.C27H29N3O3.C24H23N3O2S/c1-36-15-12-32(13-16-37-2)23-9-7-21(8-10-23)17-22-18-26-29(25-6-4-3-5-24(22)25)31-20-33(30(26)35)27-11-14-38-19-28(27)34;1-16-28-13-23(30-16)22-8-4-5-18(31-22)11-17-12-21-26(20-7-3-2-6-19(17)20)29-15-32(27(21)34)24-9-10-35-14-25(24)33;1-17(2)29-20-9-7-18(8-10-20)13-19-14-23-26(22-6-4-3-5-21(19)22)28-16-30(27(23)32)24-11-12-33-15-25(24)31;1-15-6-7-16(12-25-15)10-17-11-20-23(19-5-3-2-4-18(17)19)26-14-27(24(20)29)21-8-9-30-13-22(21)28/h3-10,18,20,27-28,34H,11-17,19H2,1-2H3;2-8,12-13,15-16,24-25,33H,9-11,14H2,1H3;3-10,14,16-17,24-25,29,31H,11-13,15H2,1-2H3;2-7,11-12,14,21-22,28H,8-10,13H2,1H3/t27-,28-;16?,24-,25-;24-,25-;21-,22-/m0000/s1. The van der Waals surface area contributed by atoms with Gasteiger partial charge in [0.15, 0.2) is 0 Å². The molecule has 6 aromatic heterocycles. The quantitative estimate of drug-likeness (QED) is 0.0394. The van der Waals surface area contributed by atoms with Crippen LogP contribution in [0.2, 0.25) is 0 Å². The Balaban J connectivity index is 0.000000121. The maximum atomic E-state index is 13.7. The fourth-order valence-electron chi connectivity index (χ4n) is 19.3. The molecular formula is C108H112N14O13S. The Morgan fingerprint density at radius 1 is 0.449 bits per heavy atom. The number of aliphatic imine (C=N–C) groups is 2. The summed E-state index contributed by atoms with van der Waals surface area (Å²) in [5.74, 6) is 1.59. The third-order valence-corrected chi connectivity index (χ3v) is 27.4. The molecule has 9 atom stereocenters. The number of nitrogens with zero attached hydrogens (tertiary/aromatic N) is 13. The Hall–Kier alpha value is -13.0. The van der Waals surface area contributed by atoms with Crippen LogP contribution in [0.4, 0.5) is 11.4 Å². The van der Waals surface area contributed by atoms with Crippen LogP contribution in [0.5, 0.6) is 0 Å². The molecule has 5 N–H and O–H groups in total. The van der Waals surface area contributed by atoms with Gasteiger partial charge in [-0.15, -0.1) is 0 Å². The number of aliphatic hydroxyl groups is 4. The molecule has 21 rings (SSSR count). The SMILES string of the molecule is CC(C)Nc1ccc(Cc2cc3c(=O)n([C@H]4CCOC[C@@H]4O)cnc3c3ccccc23)cc1.CC1N=CC(c2cccc(Cc3cc4c(=O)n([C@H]5CCOC[C@@H]5O)cnc4c4ccccc34)n2)=N1.COCCN(CCOC)c1ccc(Cc2cc3c(=O)n([C@H]4CCOC[C@@H]4O)cnc3c3ccccc23)cc1.Cc1ccc(Cc2cc3c(=O)n([C@H]4CCSC[C@@H]4O)cnc3c3ccccc23)cn1. The highest BCUT2D eigenvalue weighted by atomic mass is 32.2. The van der Waals surface area contributed by atoms with Gasteiger partial charge in [-0.1, -0.05) is 133 Å². The zero-order valence-corrected chi connectivity index (χ0v) is 77.9. The molecule has 1 unspecified atom stereocenters. The van der Waals surface area contributed by atoms with Crippen LogP contribution >= 0.6 is 11.8 Å². The summed E-state index contributed by atoms with van der Waals surface area (Å²) in [6.07, 6.45) is 12.4. The number of benzene rings is 10. The molecule has 0 saturated carbocycles. The lowest BCUT2D eigenvalue weighted by Crippen LogP contribution is -2.39. The average molecular weight is 1850 g/mol. The van der Waals surface area contributed by atoms with Gasteiger partial charge in [0.2, 0.25) is 0 Å². The van der Waals surface area contributed by atoms with Gasteiger partial charge in [0.25, 0.3) is 22.2 Å². The van der Waals surface area contributed by atoms with E-state index in [2.05, 4.69) is 133 Å². The predicted molar refractivity (Wildman–Crippen MR) is 539 cm³/mol. The molecule has 11 heterocycles. The van der Waals surface area contributed by atoms with E-state index in [9.17, 15) is 39.6 Å². The Labute approximate surface area is 790 Å². The molecule has 10 aromatic carbocycles. The van der Waals surface area contributed by atoms with Crippen LogP contribution in [0.3, 0.4) is 0 Å². The first-order valence-corrected chi connectivity index (χ1v) is 47.8. The number of aliphatic hydroxyl groups excluding tert-OH is 4. The average Bonchev–Trinajstić information content (AvgIpc) is 0.777. The predicted octanol–water partition coefficient (Wildman–Crippen LogP) is 14.8. The molecule has 16 aromatic rings. The number of fused-ring (bicyclic) bond motifs is 12. The fraction of sp³-hybridized carbons (Fsp3) is 0.333. The van der Waals surface area contributed by atoms with E-state index in [1.165, 1.54) is 5.56 Å². The highest BCUT2D eigenvalue weighted by molar-refractivity contribution is 7.99. The fourth-order valence-corrected chi connectivity index (χ4v) is 20.3. The maximum absolute atomic E-state index is 13.7. The number of nitrogens with one attached hydrogen (secondary N) is 1. The van der Waals surface area contributed by atoms with Gasteiger partial charge in [0.05, 0.1) is 162 Å². The summed E-state index contributed by atoms with van der Waals surface area (Å²) in [6, 6.07) is 66.3. The van der Waals surface area contributed by atoms with E-state index in [-0.39, 0.29) is 72.4 Å². The van der Waals surface area contributed by atoms with Gasteiger partial charge in [-0.2, -0.15) is 11.8 Å². The highest BCUT2D eigenvalue weighted by Gasteiger charge is 2.33. The normalized spacial score (nSPS) is 19.5. The van der Waals surface area contributed by atoms with Gasteiger partial charge >= 0.3 is 0 Å². The molecule has 27 nitrogen and oxygen atoms in total. The summed E-state index contributed by atoms with van der Waals surface area (Å²) in [7, 11) is 3.42. The van der Waals surface area contributed by atoms with Crippen molar-refractivity contribution >= 4 is 122 Å². The van der Waals surface area contributed by atoms with Crippen molar-refractivity contribution in [3.8, 4) is 0 Å². The van der Waals surface area contributed by atoms with Gasteiger partial charge in [-0.3, -0.25) is 57.4 Å². The number of hydrogen-bond acceptors (Lipinski definition) is 24. The lowest BCUT2D eigenvalue weighted by atomic mass is 9.95. The highest BCUT2D eigenvalue weighted by Crippen LogP contribution is 2.37. The van der Waals surface area contributed by atoms with Crippen molar-refractivity contribution in [3.05, 3.63) is 329 Å². The van der Waals surface area contributed by atoms with Gasteiger partial charge in [0, 0.05) is 116 Å². The van der Waals surface area contributed by atoms with Crippen LogP contribution in [0.1, 0.15) is 127 Å². The van der Waals surface area contributed by atoms with Crippen LogP contribution in [-0.2, 0) is 49.4 Å². The number of rotatable bonds is 22. The minimum Gasteiger partial charge on any atom is -0.390 e. The molecular weight excluding hydrogens is 1730 g/mol. The summed E-state index contributed by atoms with van der Waals surface area (Å²) in [4.78, 5) is 93.3. The van der Waals surface area contributed by atoms with Crippen LogP contribution in [0.25, 0.3) is 86.7 Å². The van der Waals surface area contributed by atoms with E-state index in [1.54, 1.807) is 75.8 Å². The summed E-state index contributed by atoms with van der Waals surface area (Å²) >= 11 is 1.73. The molecule has 0 bridgehead atoms. The molecule has 0 radical (unpaired) electrons. The van der Waals surface area contributed by atoms with Crippen LogP contribution in [-0.4, -0.2) is 209 Å². The van der Waals surface area contributed by atoms with E-state index < -0.39 is 24.4 Å². The first-order valence-electron chi connectivity index (χ1n) is 46.7. The van der Waals surface area contributed by atoms with E-state index in [1.807, 2.05) is 141 Å². The molecule has 4 fully saturated rings.